The molecule has 5 aromatic carbocycles. The number of para-hydroxylation sites is 1. The number of anilines is 2. The minimum atomic E-state index is -0.718. The van der Waals surface area contributed by atoms with E-state index in [1.807, 2.05) is 37.3 Å². The van der Waals surface area contributed by atoms with Gasteiger partial charge in [-0.1, -0.05) is 80.1 Å². The number of nitrogens with zero attached hydrogens (tertiary/aromatic N) is 1. The van der Waals surface area contributed by atoms with Crippen molar-refractivity contribution in [3.63, 3.8) is 0 Å². The highest BCUT2D eigenvalue weighted by atomic mass is 32.2. The minimum Gasteiger partial charge on any atom is -0.462 e. The molecule has 0 saturated heterocycles. The summed E-state index contributed by atoms with van der Waals surface area (Å²) in [5.41, 5.74) is 1.93. The highest BCUT2D eigenvalue weighted by Gasteiger charge is 2.23. The number of esters is 1. The molecule has 3 amide bonds. The Kier molecular flexibility index (Phi) is 13.3. The van der Waals surface area contributed by atoms with E-state index in [0.717, 1.165) is 18.4 Å². The van der Waals surface area contributed by atoms with Crippen LogP contribution in [0.5, 0.6) is 0 Å². The van der Waals surface area contributed by atoms with Crippen LogP contribution in [0, 0.1) is 10.1 Å². The van der Waals surface area contributed by atoms with Crippen LogP contribution in [0.15, 0.2) is 144 Å². The summed E-state index contributed by atoms with van der Waals surface area (Å²) in [6, 6.07) is 36.7. The van der Waals surface area contributed by atoms with Crippen LogP contribution >= 0.6 is 11.8 Å². The molecule has 0 fully saturated rings. The van der Waals surface area contributed by atoms with Gasteiger partial charge in [0.05, 0.1) is 22.7 Å². The van der Waals surface area contributed by atoms with E-state index < -0.39 is 28.0 Å². The Labute approximate surface area is 310 Å². The van der Waals surface area contributed by atoms with Gasteiger partial charge in [-0.05, 0) is 78.7 Å². The summed E-state index contributed by atoms with van der Waals surface area (Å²) in [5.74, 6) is -2.03. The van der Waals surface area contributed by atoms with Crippen molar-refractivity contribution in [2.24, 2.45) is 0 Å². The number of carbonyl (C=O) groups is 4. The van der Waals surface area contributed by atoms with Crippen LogP contribution in [0.1, 0.15) is 56.9 Å². The molecule has 0 aliphatic rings. The van der Waals surface area contributed by atoms with Crippen molar-refractivity contribution in [3.8, 4) is 0 Å². The first-order valence-electron chi connectivity index (χ1n) is 16.7. The molecule has 0 spiro atoms. The standard InChI is InChI=1S/C41H36N4O7S/c1-2-3-25-52-41(49)30-21-23-32(24-22-30)42-40(48)37(28-13-6-4-7-14-28)53-34-19-12-18-33(27-34)43-39(47)35(44-38(46)29-15-8-5-9-16-29)26-31-17-10-11-20-36(31)45(50)51/h4-24,26-27,37H,2-3,25H2,1H3,(H,42,48)(H,43,47)(H,44,46)/b35-26+. The van der Waals surface area contributed by atoms with E-state index in [9.17, 15) is 29.3 Å². The monoisotopic (exact) mass is 728 g/mol. The highest BCUT2D eigenvalue weighted by Crippen LogP contribution is 2.37. The number of carbonyl (C=O) groups excluding carboxylic acids is 4. The third-order valence-electron chi connectivity index (χ3n) is 7.77. The quantitative estimate of drug-likeness (QED) is 0.0242. The van der Waals surface area contributed by atoms with E-state index in [1.165, 1.54) is 36.0 Å². The number of nitro groups is 1. The molecule has 0 saturated carbocycles. The third-order valence-corrected chi connectivity index (χ3v) is 9.02. The Morgan fingerprint density at radius 2 is 1.45 bits per heavy atom. The van der Waals surface area contributed by atoms with Gasteiger partial charge in [0.25, 0.3) is 17.5 Å². The fourth-order valence-corrected chi connectivity index (χ4v) is 6.13. The molecular weight excluding hydrogens is 693 g/mol. The van der Waals surface area contributed by atoms with Crippen LogP contribution in [-0.4, -0.2) is 35.2 Å². The van der Waals surface area contributed by atoms with Crippen molar-refractivity contribution in [3.05, 3.63) is 172 Å². The maximum atomic E-state index is 13.7. The maximum Gasteiger partial charge on any atom is 0.338 e. The summed E-state index contributed by atoms with van der Waals surface area (Å²) in [4.78, 5) is 64.6. The lowest BCUT2D eigenvalue weighted by atomic mass is 10.1. The number of thioether (sulfide) groups is 1. The number of rotatable bonds is 15. The van der Waals surface area contributed by atoms with Crippen LogP contribution in [0.3, 0.4) is 0 Å². The van der Waals surface area contributed by atoms with Crippen molar-refractivity contribution in [1.29, 1.82) is 0 Å². The molecule has 53 heavy (non-hydrogen) atoms. The summed E-state index contributed by atoms with van der Waals surface area (Å²) in [7, 11) is 0. The molecule has 5 rings (SSSR count). The second-order valence-corrected chi connectivity index (χ2v) is 12.8. The zero-order valence-corrected chi connectivity index (χ0v) is 29.5. The van der Waals surface area contributed by atoms with E-state index in [4.69, 9.17) is 4.74 Å². The summed E-state index contributed by atoms with van der Waals surface area (Å²) in [6.07, 6.45) is 2.94. The highest BCUT2D eigenvalue weighted by molar-refractivity contribution is 8.00. The zero-order valence-electron chi connectivity index (χ0n) is 28.7. The van der Waals surface area contributed by atoms with Gasteiger partial charge in [-0.3, -0.25) is 24.5 Å². The number of hydrogen-bond donors (Lipinski definition) is 3. The fourth-order valence-electron chi connectivity index (χ4n) is 5.05. The average molecular weight is 729 g/mol. The van der Waals surface area contributed by atoms with E-state index in [1.54, 1.807) is 84.9 Å². The number of ether oxygens (including phenoxy) is 1. The molecule has 11 nitrogen and oxygen atoms in total. The summed E-state index contributed by atoms with van der Waals surface area (Å²) in [5, 5.41) is 19.3. The molecule has 268 valence electrons. The lowest BCUT2D eigenvalue weighted by Crippen LogP contribution is -2.30. The number of nitro benzene ring substituents is 1. The second-order valence-electron chi connectivity index (χ2n) is 11.6. The molecule has 0 aliphatic carbocycles. The molecule has 0 bridgehead atoms. The predicted octanol–water partition coefficient (Wildman–Crippen LogP) is 8.43. The zero-order chi connectivity index (χ0) is 37.6. The van der Waals surface area contributed by atoms with Crippen LogP contribution < -0.4 is 16.0 Å². The SMILES string of the molecule is CCCCOC(=O)c1ccc(NC(=O)C(Sc2cccc(NC(=O)/C(=C\c3ccccc3[N+](=O)[O-])NC(=O)c3ccccc3)c2)c2ccccc2)cc1. The molecule has 12 heteroatoms. The van der Waals surface area contributed by atoms with Crippen LogP contribution in [0.25, 0.3) is 6.08 Å². The lowest BCUT2D eigenvalue weighted by molar-refractivity contribution is -0.385. The van der Waals surface area contributed by atoms with Crippen molar-refractivity contribution >= 4 is 58.6 Å². The number of nitrogens with one attached hydrogen (secondary N) is 3. The topological polar surface area (TPSA) is 157 Å². The van der Waals surface area contributed by atoms with Gasteiger partial charge in [-0.2, -0.15) is 0 Å². The number of benzene rings is 5. The van der Waals surface area contributed by atoms with Gasteiger partial charge in [-0.15, -0.1) is 11.8 Å². The molecule has 1 unspecified atom stereocenters. The Bertz CT molecular complexity index is 2110. The summed E-state index contributed by atoms with van der Waals surface area (Å²) >= 11 is 1.26. The maximum absolute atomic E-state index is 13.7. The Hall–Kier alpha value is -6.53. The van der Waals surface area contributed by atoms with Crippen molar-refractivity contribution in [2.75, 3.05) is 17.2 Å². The van der Waals surface area contributed by atoms with Crippen LogP contribution in [-0.2, 0) is 14.3 Å². The Morgan fingerprint density at radius 1 is 0.774 bits per heavy atom. The third kappa shape index (κ3) is 10.7. The summed E-state index contributed by atoms with van der Waals surface area (Å²) < 4.78 is 5.27. The van der Waals surface area contributed by atoms with Gasteiger partial charge < -0.3 is 20.7 Å². The van der Waals surface area contributed by atoms with Gasteiger partial charge >= 0.3 is 5.97 Å². The Morgan fingerprint density at radius 3 is 2.15 bits per heavy atom. The van der Waals surface area contributed by atoms with E-state index >= 15 is 0 Å². The second kappa shape index (κ2) is 18.6. The van der Waals surface area contributed by atoms with E-state index in [-0.39, 0.29) is 22.9 Å². The molecule has 0 heterocycles. The van der Waals surface area contributed by atoms with Crippen molar-refractivity contribution in [2.45, 2.75) is 29.9 Å². The van der Waals surface area contributed by atoms with Crippen molar-refractivity contribution in [1.82, 2.24) is 5.32 Å². The van der Waals surface area contributed by atoms with Gasteiger partial charge in [0.1, 0.15) is 10.9 Å². The number of unbranched alkanes of at least 4 members (excludes halogenated alkanes) is 1. The van der Waals surface area contributed by atoms with Gasteiger partial charge in [0.15, 0.2) is 0 Å². The van der Waals surface area contributed by atoms with E-state index in [0.29, 0.717) is 34.0 Å². The molecule has 1 atom stereocenters. The first-order valence-corrected chi connectivity index (χ1v) is 17.6. The molecule has 0 aromatic heterocycles. The first-order chi connectivity index (χ1) is 25.7. The molecule has 3 N–H and O–H groups in total. The minimum absolute atomic E-state index is 0.124. The van der Waals surface area contributed by atoms with Gasteiger partial charge in [0, 0.05) is 27.9 Å². The smallest absolute Gasteiger partial charge is 0.338 e. The first kappa shape index (κ1) is 37.7. The largest absolute Gasteiger partial charge is 0.462 e. The van der Waals surface area contributed by atoms with E-state index in [2.05, 4.69) is 16.0 Å². The fraction of sp³-hybridized carbons (Fsp3) is 0.122. The average Bonchev–Trinajstić information content (AvgIpc) is 3.18. The molecule has 0 radical (unpaired) electrons. The normalized spacial score (nSPS) is 11.5. The lowest BCUT2D eigenvalue weighted by Gasteiger charge is -2.18. The van der Waals surface area contributed by atoms with Crippen LogP contribution in [0.2, 0.25) is 0 Å². The number of amides is 3. The van der Waals surface area contributed by atoms with Gasteiger partial charge in [0.2, 0.25) is 5.91 Å². The molecule has 5 aromatic rings. The molecule has 0 aliphatic heterocycles. The molecular formula is C41H36N4O7S. The summed E-state index contributed by atoms with van der Waals surface area (Å²) in [6.45, 7) is 2.35. The van der Waals surface area contributed by atoms with Crippen molar-refractivity contribution < 1.29 is 28.8 Å². The van der Waals surface area contributed by atoms with Gasteiger partial charge in [-0.25, -0.2) is 4.79 Å². The predicted molar refractivity (Wildman–Crippen MR) is 205 cm³/mol. The number of hydrogen-bond acceptors (Lipinski definition) is 8. The Balaban J connectivity index is 1.35. The van der Waals surface area contributed by atoms with Crippen LogP contribution in [0.4, 0.5) is 17.1 Å².